The number of rotatable bonds is 7. The molecule has 3 aromatic rings. The molecule has 0 radical (unpaired) electrons. The number of ether oxygens (including phenoxy) is 1. The van der Waals surface area contributed by atoms with Crippen LogP contribution in [0.3, 0.4) is 0 Å². The maximum absolute atomic E-state index is 15.1. The molecule has 9 heteroatoms. The Morgan fingerprint density at radius 2 is 1.75 bits per heavy atom. The molecular weight excluding hydrogens is 527 g/mol. The normalized spacial score (nSPS) is 17.8. The first-order valence-corrected chi connectivity index (χ1v) is 13.1. The van der Waals surface area contributed by atoms with Gasteiger partial charge in [0.2, 0.25) is 5.95 Å². The molecule has 1 fully saturated rings. The number of likely N-dealkylation sites (tertiary alicyclic amines) is 1. The summed E-state index contributed by atoms with van der Waals surface area (Å²) in [7, 11) is 0. The fourth-order valence-electron chi connectivity index (χ4n) is 5.46. The molecule has 1 aliphatic carbocycles. The summed E-state index contributed by atoms with van der Waals surface area (Å²) in [6, 6.07) is 14.3. The zero-order valence-electron chi connectivity index (χ0n) is 21.3. The van der Waals surface area contributed by atoms with E-state index in [1.165, 1.54) is 0 Å². The van der Waals surface area contributed by atoms with Crippen molar-refractivity contribution in [2.24, 2.45) is 0 Å². The van der Waals surface area contributed by atoms with Crippen LogP contribution >= 0.6 is 0 Å². The van der Waals surface area contributed by atoms with Gasteiger partial charge in [0, 0.05) is 25.2 Å². The van der Waals surface area contributed by atoms with Gasteiger partial charge < -0.3 is 9.84 Å². The van der Waals surface area contributed by atoms with Crippen molar-refractivity contribution in [3.8, 4) is 11.5 Å². The number of phenolic OH excluding ortho intramolecular Hbond substituents is 1. The van der Waals surface area contributed by atoms with Gasteiger partial charge in [-0.15, -0.1) is 0 Å². The number of aryl methyl sites for hydroxylation is 1. The number of benzene rings is 2. The zero-order valence-corrected chi connectivity index (χ0v) is 21.3. The lowest BCUT2D eigenvalue weighted by molar-refractivity contribution is -0.141. The summed E-state index contributed by atoms with van der Waals surface area (Å²) in [5.41, 5.74) is 2.41. The van der Waals surface area contributed by atoms with Gasteiger partial charge in [0.15, 0.2) is 0 Å². The minimum atomic E-state index is -4.75. The number of alkyl halides is 4. The molecule has 2 heterocycles. The molecule has 214 valence electrons. The first kappa shape index (κ1) is 29.5. The fourth-order valence-corrected chi connectivity index (χ4v) is 5.46. The number of aromatic nitrogens is 1. The summed E-state index contributed by atoms with van der Waals surface area (Å²) in [6.45, 7) is 1.95. The summed E-state index contributed by atoms with van der Waals surface area (Å²) in [5.74, 6) is -0.391. The van der Waals surface area contributed by atoms with E-state index in [1.807, 2.05) is 24.3 Å². The van der Waals surface area contributed by atoms with Gasteiger partial charge in [0.25, 0.3) is 0 Å². The van der Waals surface area contributed by atoms with Crippen LogP contribution in [0.4, 0.5) is 22.0 Å². The Morgan fingerprint density at radius 1 is 1.00 bits per heavy atom. The summed E-state index contributed by atoms with van der Waals surface area (Å²) in [4.78, 5) is 5.41. The molecule has 0 bridgehead atoms. The third-order valence-electron chi connectivity index (χ3n) is 7.28. The Kier molecular flexibility index (Phi) is 9.13. The highest BCUT2D eigenvalue weighted by Crippen LogP contribution is 2.42. The monoisotopic (exact) mass is 560 g/mol. The van der Waals surface area contributed by atoms with Crippen LogP contribution in [0.1, 0.15) is 61.1 Å². The molecule has 1 aliphatic heterocycles. The molecule has 40 heavy (non-hydrogen) atoms. The van der Waals surface area contributed by atoms with Gasteiger partial charge in [0.05, 0.1) is 6.67 Å². The summed E-state index contributed by atoms with van der Waals surface area (Å²) in [6.07, 6.45) is -1.73. The third kappa shape index (κ3) is 6.46. The number of allylic oxidation sites excluding steroid dienone is 1. The van der Waals surface area contributed by atoms with Crippen LogP contribution < -0.4 is 4.74 Å². The fraction of sp³-hybridized carbons (Fsp3) is 0.387. The van der Waals surface area contributed by atoms with Crippen molar-refractivity contribution in [3.05, 3.63) is 88.5 Å². The van der Waals surface area contributed by atoms with E-state index >= 15 is 4.39 Å². The smallest absolute Gasteiger partial charge is 0.433 e. The number of fused-ring (bicyclic) bond motifs is 1. The second kappa shape index (κ2) is 12.4. The Hall–Kier alpha value is -3.46. The average molecular weight is 561 g/mol. The SMILES string of the molecule is C.Oc1ccc2c(c1)CCCC(c1ccc(C(F)(F)F)nc1F)=C2c1ccc(O[C@H]2CCN(CCCF)C2)cc1. The van der Waals surface area contributed by atoms with Gasteiger partial charge in [-0.25, -0.2) is 4.98 Å². The first-order valence-electron chi connectivity index (χ1n) is 13.1. The van der Waals surface area contributed by atoms with E-state index in [0.29, 0.717) is 49.1 Å². The van der Waals surface area contributed by atoms with E-state index in [-0.39, 0.29) is 31.5 Å². The van der Waals surface area contributed by atoms with E-state index in [4.69, 9.17) is 4.74 Å². The second-order valence-corrected chi connectivity index (χ2v) is 9.98. The van der Waals surface area contributed by atoms with Crippen molar-refractivity contribution in [2.75, 3.05) is 26.3 Å². The summed E-state index contributed by atoms with van der Waals surface area (Å²) >= 11 is 0. The van der Waals surface area contributed by atoms with Crippen LogP contribution in [0.2, 0.25) is 0 Å². The van der Waals surface area contributed by atoms with Gasteiger partial charge in [0.1, 0.15) is 23.3 Å². The Bertz CT molecular complexity index is 1350. The molecule has 5 rings (SSSR count). The lowest BCUT2D eigenvalue weighted by Gasteiger charge is -2.19. The molecule has 2 aliphatic rings. The molecule has 4 nitrogen and oxygen atoms in total. The van der Waals surface area contributed by atoms with Crippen molar-refractivity contribution in [1.29, 1.82) is 0 Å². The lowest BCUT2D eigenvalue weighted by Crippen LogP contribution is -2.26. The maximum Gasteiger partial charge on any atom is 0.433 e. The molecule has 2 aromatic carbocycles. The number of pyridine rings is 1. The van der Waals surface area contributed by atoms with Crippen molar-refractivity contribution in [3.63, 3.8) is 0 Å². The first-order chi connectivity index (χ1) is 18.7. The molecule has 0 spiro atoms. The maximum atomic E-state index is 15.1. The largest absolute Gasteiger partial charge is 0.508 e. The minimum Gasteiger partial charge on any atom is -0.508 e. The molecule has 1 atom stereocenters. The molecule has 1 aromatic heterocycles. The van der Waals surface area contributed by atoms with E-state index in [0.717, 1.165) is 48.3 Å². The zero-order chi connectivity index (χ0) is 27.6. The summed E-state index contributed by atoms with van der Waals surface area (Å²) < 4.78 is 73.2. The average Bonchev–Trinajstić information content (AvgIpc) is 3.26. The number of hydrogen-bond acceptors (Lipinski definition) is 4. The quantitative estimate of drug-likeness (QED) is 0.238. The van der Waals surface area contributed by atoms with Gasteiger partial charge in [-0.3, -0.25) is 9.29 Å². The predicted molar refractivity (Wildman–Crippen MR) is 145 cm³/mol. The van der Waals surface area contributed by atoms with E-state index in [9.17, 15) is 22.7 Å². The standard InChI is InChI=1S/C30H29F5N2O2.CH4/c31-14-2-15-37-16-13-23(18-37)39-22-8-5-19(6-9-22)28-24-10-7-21(38)17-20(24)3-1-4-25(28)26-11-12-27(30(33,34)35)36-29(26)32;/h5-12,17,23,38H,1-4,13-16,18H2;1H4/t23-;/m0./s1. The molecule has 1 saturated heterocycles. The topological polar surface area (TPSA) is 45.6 Å². The molecule has 0 saturated carbocycles. The molecule has 0 unspecified atom stereocenters. The second-order valence-electron chi connectivity index (χ2n) is 9.98. The van der Waals surface area contributed by atoms with Crippen molar-refractivity contribution in [1.82, 2.24) is 9.88 Å². The van der Waals surface area contributed by atoms with Crippen LogP contribution in [-0.4, -0.2) is 47.4 Å². The minimum absolute atomic E-state index is 0. The third-order valence-corrected chi connectivity index (χ3v) is 7.28. The Labute approximate surface area is 231 Å². The van der Waals surface area contributed by atoms with E-state index in [1.54, 1.807) is 18.2 Å². The van der Waals surface area contributed by atoms with Crippen molar-refractivity contribution < 1.29 is 31.8 Å². The van der Waals surface area contributed by atoms with E-state index < -0.39 is 17.8 Å². The Morgan fingerprint density at radius 3 is 2.45 bits per heavy atom. The van der Waals surface area contributed by atoms with Gasteiger partial charge in [-0.1, -0.05) is 25.6 Å². The molecule has 1 N–H and O–H groups in total. The van der Waals surface area contributed by atoms with Crippen LogP contribution in [0.25, 0.3) is 11.1 Å². The van der Waals surface area contributed by atoms with E-state index in [2.05, 4.69) is 9.88 Å². The lowest BCUT2D eigenvalue weighted by atomic mass is 9.88. The van der Waals surface area contributed by atoms with Gasteiger partial charge >= 0.3 is 6.18 Å². The van der Waals surface area contributed by atoms with Crippen molar-refractivity contribution in [2.45, 2.75) is 51.8 Å². The number of hydrogen-bond donors (Lipinski definition) is 1. The van der Waals surface area contributed by atoms with Crippen LogP contribution in [0.15, 0.2) is 54.6 Å². The highest BCUT2D eigenvalue weighted by molar-refractivity contribution is 6.00. The number of phenols is 1. The van der Waals surface area contributed by atoms with Crippen LogP contribution in [0.5, 0.6) is 11.5 Å². The molecular formula is C31H33F5N2O2. The van der Waals surface area contributed by atoms with Crippen LogP contribution in [0, 0.1) is 5.95 Å². The highest BCUT2D eigenvalue weighted by atomic mass is 19.4. The summed E-state index contributed by atoms with van der Waals surface area (Å²) in [5, 5.41) is 10.1. The number of halogens is 5. The number of aromatic hydroxyl groups is 1. The Balaban J connectivity index is 0.00000370. The van der Waals surface area contributed by atoms with Gasteiger partial charge in [-0.05, 0) is 96.3 Å². The van der Waals surface area contributed by atoms with Crippen LogP contribution in [-0.2, 0) is 12.6 Å². The predicted octanol–water partition coefficient (Wildman–Crippen LogP) is 7.69. The van der Waals surface area contributed by atoms with Crippen molar-refractivity contribution >= 4 is 11.1 Å². The highest BCUT2D eigenvalue weighted by Gasteiger charge is 2.34. The molecule has 0 amide bonds. The van der Waals surface area contributed by atoms with Gasteiger partial charge in [-0.2, -0.15) is 17.6 Å². The number of nitrogens with zero attached hydrogens (tertiary/aromatic N) is 2.